The van der Waals surface area contributed by atoms with E-state index in [1.807, 2.05) is 39.0 Å². The highest BCUT2D eigenvalue weighted by molar-refractivity contribution is 6.36. The van der Waals surface area contributed by atoms with Crippen molar-refractivity contribution < 1.29 is 9.53 Å². The molecule has 1 amide bonds. The lowest BCUT2D eigenvalue weighted by Gasteiger charge is -2.34. The van der Waals surface area contributed by atoms with Gasteiger partial charge in [0.15, 0.2) is 0 Å². The molecule has 1 aromatic carbocycles. The molecule has 0 radical (unpaired) electrons. The molecule has 0 aliphatic carbocycles. The Morgan fingerprint density at radius 3 is 2.72 bits per heavy atom. The summed E-state index contributed by atoms with van der Waals surface area (Å²) in [6, 6.07) is 7.45. The van der Waals surface area contributed by atoms with Crippen LogP contribution >= 0.6 is 34.8 Å². The minimum absolute atomic E-state index is 0.185. The van der Waals surface area contributed by atoms with Crippen LogP contribution in [0.5, 0.6) is 0 Å². The minimum Gasteiger partial charge on any atom is -0.444 e. The Hall–Kier alpha value is -2.02. The van der Waals surface area contributed by atoms with Gasteiger partial charge in [0, 0.05) is 41.8 Å². The zero-order valence-corrected chi connectivity index (χ0v) is 20.5. The van der Waals surface area contributed by atoms with Gasteiger partial charge < -0.3 is 14.2 Å². The SMILES string of the molecule is CC(C)(C)OC(=O)N1CCC[C@@H](Cn2c(-c3ccc(Cl)cc3Cl)cc3cnc(Cl)nc32)C1. The summed E-state index contributed by atoms with van der Waals surface area (Å²) in [4.78, 5) is 23.0. The van der Waals surface area contributed by atoms with Gasteiger partial charge in [0.2, 0.25) is 5.28 Å². The quantitative estimate of drug-likeness (QED) is 0.379. The van der Waals surface area contributed by atoms with E-state index in [1.54, 1.807) is 17.2 Å². The number of nitrogens with zero attached hydrogens (tertiary/aromatic N) is 4. The van der Waals surface area contributed by atoms with Crippen molar-refractivity contribution in [1.82, 2.24) is 19.4 Å². The summed E-state index contributed by atoms with van der Waals surface area (Å²) < 4.78 is 7.69. The van der Waals surface area contributed by atoms with E-state index in [-0.39, 0.29) is 17.3 Å². The van der Waals surface area contributed by atoms with Gasteiger partial charge in [-0.25, -0.2) is 9.78 Å². The van der Waals surface area contributed by atoms with Crippen molar-refractivity contribution in [2.45, 2.75) is 45.8 Å². The molecular weight excluding hydrogens is 471 g/mol. The first kappa shape index (κ1) is 23.1. The van der Waals surface area contributed by atoms with Crippen molar-refractivity contribution in [3.63, 3.8) is 0 Å². The van der Waals surface area contributed by atoms with Crippen LogP contribution in [0.4, 0.5) is 4.79 Å². The second-order valence-corrected chi connectivity index (χ2v) is 10.3. The van der Waals surface area contributed by atoms with Crippen LogP contribution < -0.4 is 0 Å². The fourth-order valence-corrected chi connectivity index (χ4v) is 4.72. The maximum Gasteiger partial charge on any atom is 0.410 e. The molecule has 9 heteroatoms. The second kappa shape index (κ2) is 9.08. The van der Waals surface area contributed by atoms with Crippen LogP contribution in [0.1, 0.15) is 33.6 Å². The summed E-state index contributed by atoms with van der Waals surface area (Å²) in [5.74, 6) is 0.227. The van der Waals surface area contributed by atoms with Gasteiger partial charge in [-0.3, -0.25) is 0 Å². The van der Waals surface area contributed by atoms with E-state index in [0.717, 1.165) is 35.1 Å². The molecule has 0 saturated carbocycles. The number of fused-ring (bicyclic) bond motifs is 1. The van der Waals surface area contributed by atoms with Crippen LogP contribution in [-0.4, -0.2) is 44.2 Å². The van der Waals surface area contributed by atoms with Crippen LogP contribution in [0.15, 0.2) is 30.5 Å². The predicted octanol–water partition coefficient (Wildman–Crippen LogP) is 6.71. The highest BCUT2D eigenvalue weighted by atomic mass is 35.5. The summed E-state index contributed by atoms with van der Waals surface area (Å²) in [5, 5.41) is 2.18. The number of amides is 1. The van der Waals surface area contributed by atoms with E-state index in [4.69, 9.17) is 39.5 Å². The molecule has 2 aromatic heterocycles. The number of carbonyl (C=O) groups is 1. The fraction of sp³-hybridized carbons (Fsp3) is 0.435. The third-order valence-electron chi connectivity index (χ3n) is 5.42. The molecule has 1 aliphatic heterocycles. The van der Waals surface area contributed by atoms with E-state index >= 15 is 0 Å². The Kier molecular flexibility index (Phi) is 6.57. The Bertz CT molecular complexity index is 1160. The normalized spacial score (nSPS) is 17.1. The highest BCUT2D eigenvalue weighted by Crippen LogP contribution is 2.35. The molecule has 6 nitrogen and oxygen atoms in total. The zero-order chi connectivity index (χ0) is 23.0. The summed E-state index contributed by atoms with van der Waals surface area (Å²) in [6.07, 6.45) is 3.34. The molecular formula is C23H25Cl3N4O2. The lowest BCUT2D eigenvalue weighted by molar-refractivity contribution is 0.0158. The Morgan fingerprint density at radius 1 is 1.22 bits per heavy atom. The number of ether oxygens (including phenoxy) is 1. The number of benzene rings is 1. The lowest BCUT2D eigenvalue weighted by atomic mass is 9.98. The monoisotopic (exact) mass is 494 g/mol. The Morgan fingerprint density at radius 2 is 2.00 bits per heavy atom. The molecule has 1 aliphatic rings. The van der Waals surface area contributed by atoms with Gasteiger partial charge in [0.25, 0.3) is 0 Å². The van der Waals surface area contributed by atoms with Crippen molar-refractivity contribution in [2.75, 3.05) is 13.1 Å². The first-order chi connectivity index (χ1) is 15.1. The first-order valence-electron chi connectivity index (χ1n) is 10.6. The lowest BCUT2D eigenvalue weighted by Crippen LogP contribution is -2.43. The topological polar surface area (TPSA) is 60.2 Å². The van der Waals surface area contributed by atoms with Crippen LogP contribution in [0.3, 0.4) is 0 Å². The van der Waals surface area contributed by atoms with E-state index in [1.165, 1.54) is 0 Å². The maximum absolute atomic E-state index is 12.6. The number of piperidine rings is 1. The first-order valence-corrected chi connectivity index (χ1v) is 11.7. The molecule has 1 saturated heterocycles. The second-order valence-electron chi connectivity index (χ2n) is 9.12. The molecule has 0 N–H and O–H groups in total. The third kappa shape index (κ3) is 5.13. The molecule has 1 atom stereocenters. The average molecular weight is 496 g/mol. The number of rotatable bonds is 3. The molecule has 32 heavy (non-hydrogen) atoms. The highest BCUT2D eigenvalue weighted by Gasteiger charge is 2.29. The maximum atomic E-state index is 12.6. The fourth-order valence-electron chi connectivity index (χ4n) is 4.09. The molecule has 1 fully saturated rings. The van der Waals surface area contributed by atoms with Crippen molar-refractivity contribution in [3.8, 4) is 11.3 Å². The Balaban J connectivity index is 1.67. The van der Waals surface area contributed by atoms with Crippen LogP contribution in [0.25, 0.3) is 22.3 Å². The predicted molar refractivity (Wildman–Crippen MR) is 129 cm³/mol. The molecule has 170 valence electrons. The van der Waals surface area contributed by atoms with E-state index in [2.05, 4.69) is 14.5 Å². The van der Waals surface area contributed by atoms with Gasteiger partial charge in [-0.05, 0) is 75.4 Å². The van der Waals surface area contributed by atoms with Crippen molar-refractivity contribution in [3.05, 3.63) is 45.8 Å². The Labute approximate surface area is 202 Å². The minimum atomic E-state index is -0.521. The van der Waals surface area contributed by atoms with Gasteiger partial charge in [-0.1, -0.05) is 23.2 Å². The van der Waals surface area contributed by atoms with Gasteiger partial charge in [-0.15, -0.1) is 0 Å². The average Bonchev–Trinajstić information content (AvgIpc) is 3.04. The van der Waals surface area contributed by atoms with Crippen molar-refractivity contribution in [1.29, 1.82) is 0 Å². The number of hydrogen-bond donors (Lipinski definition) is 0. The zero-order valence-electron chi connectivity index (χ0n) is 18.2. The van der Waals surface area contributed by atoms with E-state index in [9.17, 15) is 4.79 Å². The molecule has 0 unspecified atom stereocenters. The molecule has 4 rings (SSSR count). The molecule has 3 aromatic rings. The van der Waals surface area contributed by atoms with Crippen LogP contribution in [0, 0.1) is 5.92 Å². The standard InChI is InChI=1S/C23H25Cl3N4O2/c1-23(2,3)32-22(31)29-8-4-5-14(12-29)13-30-19(17-7-6-16(24)10-18(17)25)9-15-11-27-21(26)28-20(15)30/h6-7,9-11,14H,4-5,8,12-13H2,1-3H3/t14-/m1/s1. The summed E-state index contributed by atoms with van der Waals surface area (Å²) in [5.41, 5.74) is 1.98. The number of carbonyl (C=O) groups excluding carboxylic acids is 1. The summed E-state index contributed by atoms with van der Waals surface area (Å²) >= 11 is 18.8. The smallest absolute Gasteiger partial charge is 0.410 e. The van der Waals surface area contributed by atoms with Crippen molar-refractivity contribution >= 4 is 51.9 Å². The number of halogens is 3. The number of likely N-dealkylation sites (tertiary alicyclic amines) is 1. The molecule has 0 bridgehead atoms. The number of aromatic nitrogens is 3. The molecule has 0 spiro atoms. The summed E-state index contributed by atoms with van der Waals surface area (Å²) in [7, 11) is 0. The van der Waals surface area contributed by atoms with Gasteiger partial charge >= 0.3 is 6.09 Å². The summed E-state index contributed by atoms with van der Waals surface area (Å²) in [6.45, 7) is 7.60. The van der Waals surface area contributed by atoms with Crippen molar-refractivity contribution in [2.24, 2.45) is 5.92 Å². The largest absolute Gasteiger partial charge is 0.444 e. The van der Waals surface area contributed by atoms with Gasteiger partial charge in [-0.2, -0.15) is 4.98 Å². The number of hydrogen-bond acceptors (Lipinski definition) is 4. The van der Waals surface area contributed by atoms with E-state index < -0.39 is 5.60 Å². The van der Waals surface area contributed by atoms with E-state index in [0.29, 0.717) is 29.7 Å². The third-order valence-corrected chi connectivity index (χ3v) is 6.15. The van der Waals surface area contributed by atoms with Gasteiger partial charge in [0.05, 0.1) is 10.7 Å². The van der Waals surface area contributed by atoms with Crippen LogP contribution in [0.2, 0.25) is 15.3 Å². The van der Waals surface area contributed by atoms with Gasteiger partial charge in [0.1, 0.15) is 11.2 Å². The molecule has 3 heterocycles. The van der Waals surface area contributed by atoms with Crippen LogP contribution in [-0.2, 0) is 11.3 Å².